The molecule has 2 N–H and O–H groups in total. The van der Waals surface area contributed by atoms with E-state index in [1.54, 1.807) is 14.2 Å². The summed E-state index contributed by atoms with van der Waals surface area (Å²) in [5.41, 5.74) is 8.11. The van der Waals surface area contributed by atoms with Gasteiger partial charge in [0, 0.05) is 0 Å². The van der Waals surface area contributed by atoms with Crippen LogP contribution in [0, 0.1) is 0 Å². The fraction of sp³-hybridized carbons (Fsp3) is 0.600. The van der Waals surface area contributed by atoms with Crippen LogP contribution in [0.15, 0.2) is 12.1 Å². The molecule has 0 heterocycles. The van der Waals surface area contributed by atoms with Crippen LogP contribution in [0.5, 0.6) is 11.5 Å². The third kappa shape index (κ3) is 3.39. The topological polar surface area (TPSA) is 44.5 Å². The molecule has 0 aliphatic carbocycles. The molecule has 0 bridgehead atoms. The summed E-state index contributed by atoms with van der Waals surface area (Å²) in [7, 11) is 3.36. The molecule has 0 spiro atoms. The largest absolute Gasteiger partial charge is 0.493 e. The SMILES string of the molecule is COc1cc(C(C)(C)C)cc(CCCN)c1OC. The molecule has 1 aromatic carbocycles. The molecule has 0 aliphatic rings. The molecule has 0 radical (unpaired) electrons. The van der Waals surface area contributed by atoms with Gasteiger partial charge in [-0.15, -0.1) is 0 Å². The van der Waals surface area contributed by atoms with Crippen LogP contribution in [-0.2, 0) is 11.8 Å². The minimum absolute atomic E-state index is 0.0943. The maximum absolute atomic E-state index is 5.59. The molecule has 3 nitrogen and oxygen atoms in total. The van der Waals surface area contributed by atoms with Crippen molar-refractivity contribution in [1.82, 2.24) is 0 Å². The van der Waals surface area contributed by atoms with Crippen LogP contribution in [0.25, 0.3) is 0 Å². The van der Waals surface area contributed by atoms with Crippen molar-refractivity contribution in [3.8, 4) is 11.5 Å². The molecule has 0 unspecified atom stereocenters. The Morgan fingerprint density at radius 3 is 2.22 bits per heavy atom. The number of rotatable bonds is 5. The Labute approximate surface area is 110 Å². The van der Waals surface area contributed by atoms with Gasteiger partial charge in [-0.3, -0.25) is 0 Å². The number of benzene rings is 1. The average molecular weight is 251 g/mol. The Hall–Kier alpha value is -1.22. The first-order chi connectivity index (χ1) is 8.43. The summed E-state index contributed by atoms with van der Waals surface area (Å²) in [4.78, 5) is 0. The van der Waals surface area contributed by atoms with E-state index in [4.69, 9.17) is 15.2 Å². The Balaban J connectivity index is 3.26. The normalized spacial score (nSPS) is 11.4. The first-order valence-corrected chi connectivity index (χ1v) is 6.39. The van der Waals surface area contributed by atoms with Gasteiger partial charge in [-0.2, -0.15) is 0 Å². The number of hydrogen-bond acceptors (Lipinski definition) is 3. The highest BCUT2D eigenvalue weighted by Gasteiger charge is 2.19. The summed E-state index contributed by atoms with van der Waals surface area (Å²) in [6.45, 7) is 7.27. The van der Waals surface area contributed by atoms with Gasteiger partial charge in [0.05, 0.1) is 14.2 Å². The third-order valence-corrected chi connectivity index (χ3v) is 3.07. The minimum Gasteiger partial charge on any atom is -0.493 e. The van der Waals surface area contributed by atoms with Crippen molar-refractivity contribution in [2.75, 3.05) is 20.8 Å². The van der Waals surface area contributed by atoms with Crippen molar-refractivity contribution >= 4 is 0 Å². The molecule has 0 fully saturated rings. The van der Waals surface area contributed by atoms with Gasteiger partial charge in [0.2, 0.25) is 0 Å². The Bertz CT molecular complexity index is 394. The molecule has 0 aliphatic heterocycles. The smallest absolute Gasteiger partial charge is 0.163 e. The zero-order valence-electron chi connectivity index (χ0n) is 12.2. The van der Waals surface area contributed by atoms with Crippen molar-refractivity contribution in [3.05, 3.63) is 23.3 Å². The van der Waals surface area contributed by atoms with Gasteiger partial charge < -0.3 is 15.2 Å². The molecule has 0 amide bonds. The molecule has 0 aromatic heterocycles. The number of methoxy groups -OCH3 is 2. The summed E-state index contributed by atoms with van der Waals surface area (Å²) in [6, 6.07) is 4.27. The molecule has 1 aromatic rings. The minimum atomic E-state index is 0.0943. The van der Waals surface area contributed by atoms with E-state index < -0.39 is 0 Å². The van der Waals surface area contributed by atoms with E-state index in [1.165, 1.54) is 11.1 Å². The highest BCUT2D eigenvalue weighted by molar-refractivity contribution is 5.51. The van der Waals surface area contributed by atoms with E-state index in [0.717, 1.165) is 24.3 Å². The lowest BCUT2D eigenvalue weighted by atomic mass is 9.85. The molecule has 102 valence electrons. The molecule has 1 rings (SSSR count). The molecule has 0 saturated heterocycles. The Morgan fingerprint density at radius 1 is 1.11 bits per heavy atom. The number of ether oxygens (including phenoxy) is 2. The molecule has 0 atom stereocenters. The monoisotopic (exact) mass is 251 g/mol. The van der Waals surface area contributed by atoms with Crippen LogP contribution in [0.3, 0.4) is 0 Å². The van der Waals surface area contributed by atoms with Crippen molar-refractivity contribution in [3.63, 3.8) is 0 Å². The fourth-order valence-electron chi connectivity index (χ4n) is 1.95. The van der Waals surface area contributed by atoms with Gasteiger partial charge in [0.1, 0.15) is 0 Å². The van der Waals surface area contributed by atoms with Crippen LogP contribution in [0.1, 0.15) is 38.3 Å². The van der Waals surface area contributed by atoms with Crippen molar-refractivity contribution in [2.45, 2.75) is 39.0 Å². The highest BCUT2D eigenvalue weighted by Crippen LogP contribution is 2.37. The van der Waals surface area contributed by atoms with Gasteiger partial charge in [0.15, 0.2) is 11.5 Å². The maximum atomic E-state index is 5.59. The van der Waals surface area contributed by atoms with Crippen LogP contribution in [0.4, 0.5) is 0 Å². The quantitative estimate of drug-likeness (QED) is 0.875. The fourth-order valence-corrected chi connectivity index (χ4v) is 1.95. The summed E-state index contributed by atoms with van der Waals surface area (Å²) >= 11 is 0. The summed E-state index contributed by atoms with van der Waals surface area (Å²) < 4.78 is 10.9. The van der Waals surface area contributed by atoms with E-state index in [9.17, 15) is 0 Å². The van der Waals surface area contributed by atoms with Crippen LogP contribution in [0.2, 0.25) is 0 Å². The van der Waals surface area contributed by atoms with Gasteiger partial charge in [-0.1, -0.05) is 26.8 Å². The number of hydrogen-bond donors (Lipinski definition) is 1. The van der Waals surface area contributed by atoms with Crippen LogP contribution < -0.4 is 15.2 Å². The maximum Gasteiger partial charge on any atom is 0.163 e. The first kappa shape index (κ1) is 14.8. The predicted molar refractivity (Wildman–Crippen MR) is 75.6 cm³/mol. The number of aryl methyl sites for hydroxylation is 1. The standard InChI is InChI=1S/C15H25NO2/c1-15(2,3)12-9-11(7-6-8-16)14(18-5)13(10-12)17-4/h9-10H,6-8,16H2,1-5H3. The molecule has 0 saturated carbocycles. The van der Waals surface area contributed by atoms with Gasteiger partial charge in [0.25, 0.3) is 0 Å². The Kier molecular flexibility index (Phi) is 5.03. The van der Waals surface area contributed by atoms with E-state index in [2.05, 4.69) is 32.9 Å². The van der Waals surface area contributed by atoms with Gasteiger partial charge >= 0.3 is 0 Å². The molecular weight excluding hydrogens is 226 g/mol. The molecular formula is C15H25NO2. The molecule has 18 heavy (non-hydrogen) atoms. The van der Waals surface area contributed by atoms with E-state index in [1.807, 2.05) is 0 Å². The summed E-state index contributed by atoms with van der Waals surface area (Å²) in [5.74, 6) is 1.64. The van der Waals surface area contributed by atoms with Crippen molar-refractivity contribution in [2.24, 2.45) is 5.73 Å². The second-order valence-electron chi connectivity index (χ2n) is 5.51. The highest BCUT2D eigenvalue weighted by atomic mass is 16.5. The van der Waals surface area contributed by atoms with E-state index in [-0.39, 0.29) is 5.41 Å². The lowest BCUT2D eigenvalue weighted by molar-refractivity contribution is 0.350. The third-order valence-electron chi connectivity index (χ3n) is 3.07. The van der Waals surface area contributed by atoms with Crippen molar-refractivity contribution in [1.29, 1.82) is 0 Å². The summed E-state index contributed by atoms with van der Waals surface area (Å²) in [5, 5.41) is 0. The molecule has 3 heteroatoms. The van der Waals surface area contributed by atoms with Crippen LogP contribution in [-0.4, -0.2) is 20.8 Å². The van der Waals surface area contributed by atoms with E-state index in [0.29, 0.717) is 6.54 Å². The van der Waals surface area contributed by atoms with Crippen LogP contribution >= 0.6 is 0 Å². The predicted octanol–water partition coefficient (Wildman–Crippen LogP) is 2.89. The summed E-state index contributed by atoms with van der Waals surface area (Å²) in [6.07, 6.45) is 1.87. The average Bonchev–Trinajstić information content (AvgIpc) is 2.33. The first-order valence-electron chi connectivity index (χ1n) is 6.39. The van der Waals surface area contributed by atoms with Gasteiger partial charge in [-0.05, 0) is 42.0 Å². The van der Waals surface area contributed by atoms with Gasteiger partial charge in [-0.25, -0.2) is 0 Å². The van der Waals surface area contributed by atoms with Crippen molar-refractivity contribution < 1.29 is 9.47 Å². The zero-order chi connectivity index (χ0) is 13.8. The lowest BCUT2D eigenvalue weighted by Gasteiger charge is -2.23. The van der Waals surface area contributed by atoms with E-state index >= 15 is 0 Å². The Morgan fingerprint density at radius 2 is 1.78 bits per heavy atom. The lowest BCUT2D eigenvalue weighted by Crippen LogP contribution is -2.13. The number of nitrogens with two attached hydrogens (primary N) is 1. The zero-order valence-corrected chi connectivity index (χ0v) is 12.2. The second kappa shape index (κ2) is 6.10. The second-order valence-corrected chi connectivity index (χ2v) is 5.51.